The van der Waals surface area contributed by atoms with Gasteiger partial charge in [-0.25, -0.2) is 0 Å². The van der Waals surface area contributed by atoms with E-state index in [1.54, 1.807) is 0 Å². The first-order valence-electron chi connectivity index (χ1n) is 6.86. The molecule has 0 aliphatic rings. The second-order valence-corrected chi connectivity index (χ2v) is 4.60. The lowest BCUT2D eigenvalue weighted by atomic mass is 10.2. The van der Waals surface area contributed by atoms with Crippen LogP contribution in [0.5, 0.6) is 5.75 Å². The molecule has 0 aliphatic carbocycles. The van der Waals surface area contributed by atoms with Crippen LogP contribution in [-0.4, -0.2) is 53.9 Å². The number of aryl methyl sites for hydroxylation is 1. The van der Waals surface area contributed by atoms with E-state index in [-0.39, 0.29) is 32.2 Å². The number of nitrogens with zero attached hydrogens (tertiary/aromatic N) is 1. The summed E-state index contributed by atoms with van der Waals surface area (Å²) in [4.78, 5) is 13.3. The summed E-state index contributed by atoms with van der Waals surface area (Å²) in [5, 5.41) is 17.7. The van der Waals surface area contributed by atoms with E-state index in [9.17, 15) is 4.79 Å². The summed E-state index contributed by atoms with van der Waals surface area (Å²) >= 11 is 0. The van der Waals surface area contributed by atoms with Gasteiger partial charge in [-0.1, -0.05) is 12.1 Å². The first-order chi connectivity index (χ1) is 9.67. The van der Waals surface area contributed by atoms with Crippen molar-refractivity contribution in [2.24, 2.45) is 0 Å². The van der Waals surface area contributed by atoms with Crippen molar-refractivity contribution >= 4 is 5.91 Å². The molecular formula is C15H23NO4. The van der Waals surface area contributed by atoms with Gasteiger partial charge in [0.15, 0.2) is 0 Å². The molecule has 0 heterocycles. The Balaban J connectivity index is 2.27. The number of ether oxygens (including phenoxy) is 1. The molecule has 0 aliphatic heterocycles. The van der Waals surface area contributed by atoms with E-state index >= 15 is 0 Å². The summed E-state index contributed by atoms with van der Waals surface area (Å²) in [5.41, 5.74) is 1.13. The first kappa shape index (κ1) is 16.5. The summed E-state index contributed by atoms with van der Waals surface area (Å²) in [6.45, 7) is 2.81. The molecule has 0 unspecified atom stereocenters. The predicted molar refractivity (Wildman–Crippen MR) is 76.7 cm³/mol. The average Bonchev–Trinajstić information content (AvgIpc) is 2.43. The van der Waals surface area contributed by atoms with Gasteiger partial charge in [0.2, 0.25) is 5.91 Å². The van der Waals surface area contributed by atoms with E-state index in [0.717, 1.165) is 11.3 Å². The Hall–Kier alpha value is -1.59. The molecule has 1 amide bonds. The molecule has 2 N–H and O–H groups in total. The molecular weight excluding hydrogens is 258 g/mol. The minimum atomic E-state index is -0.0917. The highest BCUT2D eigenvalue weighted by molar-refractivity contribution is 5.76. The number of carbonyl (C=O) groups excluding carboxylic acids is 1. The topological polar surface area (TPSA) is 70.0 Å². The number of benzene rings is 1. The van der Waals surface area contributed by atoms with Gasteiger partial charge in [-0.15, -0.1) is 0 Å². The van der Waals surface area contributed by atoms with Crippen molar-refractivity contribution in [1.29, 1.82) is 0 Å². The van der Waals surface area contributed by atoms with Crippen molar-refractivity contribution in [2.45, 2.75) is 19.8 Å². The summed E-state index contributed by atoms with van der Waals surface area (Å²) in [5.74, 6) is 0.737. The molecule has 1 aromatic rings. The Labute approximate surface area is 119 Å². The Morgan fingerprint density at radius 2 is 1.95 bits per heavy atom. The molecule has 112 valence electrons. The summed E-state index contributed by atoms with van der Waals surface area (Å²) in [6, 6.07) is 7.77. The van der Waals surface area contributed by atoms with Crippen LogP contribution in [0, 0.1) is 6.92 Å². The fraction of sp³-hybridized carbons (Fsp3) is 0.533. The van der Waals surface area contributed by atoms with Crippen LogP contribution < -0.4 is 4.74 Å². The highest BCUT2D eigenvalue weighted by Gasteiger charge is 2.11. The molecule has 0 saturated heterocycles. The van der Waals surface area contributed by atoms with E-state index in [1.807, 2.05) is 31.2 Å². The molecule has 1 aromatic carbocycles. The number of aliphatic hydroxyl groups is 2. The summed E-state index contributed by atoms with van der Waals surface area (Å²) < 4.78 is 5.57. The third-order valence-corrected chi connectivity index (χ3v) is 2.89. The van der Waals surface area contributed by atoms with Crippen molar-refractivity contribution < 1.29 is 19.7 Å². The van der Waals surface area contributed by atoms with E-state index in [1.165, 1.54) is 4.90 Å². The second kappa shape index (κ2) is 9.34. The lowest BCUT2D eigenvalue weighted by Gasteiger charge is -2.20. The molecule has 0 fully saturated rings. The summed E-state index contributed by atoms with van der Waals surface area (Å²) in [6.07, 6.45) is 0.964. The number of rotatable bonds is 9. The van der Waals surface area contributed by atoms with Crippen LogP contribution in [0.1, 0.15) is 18.4 Å². The number of carbonyl (C=O) groups is 1. The zero-order chi connectivity index (χ0) is 14.8. The quantitative estimate of drug-likeness (QED) is 0.662. The maximum atomic E-state index is 11.8. The maximum Gasteiger partial charge on any atom is 0.222 e. The molecule has 20 heavy (non-hydrogen) atoms. The minimum absolute atomic E-state index is 0.0686. The van der Waals surface area contributed by atoms with Crippen LogP contribution >= 0.6 is 0 Å². The molecule has 1 rings (SSSR count). The molecule has 0 aromatic heterocycles. The monoisotopic (exact) mass is 281 g/mol. The van der Waals surface area contributed by atoms with Crippen molar-refractivity contribution in [3.63, 3.8) is 0 Å². The molecule has 0 saturated carbocycles. The zero-order valence-electron chi connectivity index (χ0n) is 11.9. The normalized spacial score (nSPS) is 10.3. The molecule has 0 bridgehead atoms. The Morgan fingerprint density at radius 3 is 2.55 bits per heavy atom. The summed E-state index contributed by atoms with van der Waals surface area (Å²) in [7, 11) is 0. The molecule has 0 atom stereocenters. The highest BCUT2D eigenvalue weighted by atomic mass is 16.5. The van der Waals surface area contributed by atoms with Gasteiger partial charge in [-0.2, -0.15) is 0 Å². The largest absolute Gasteiger partial charge is 0.494 e. The third kappa shape index (κ3) is 6.04. The van der Waals surface area contributed by atoms with Crippen molar-refractivity contribution in [3.8, 4) is 5.75 Å². The third-order valence-electron chi connectivity index (χ3n) is 2.89. The fourth-order valence-corrected chi connectivity index (χ4v) is 1.88. The smallest absolute Gasteiger partial charge is 0.222 e. The maximum absolute atomic E-state index is 11.8. The number of hydrogen-bond donors (Lipinski definition) is 2. The van der Waals surface area contributed by atoms with Gasteiger partial charge in [-0.05, 0) is 31.0 Å². The first-order valence-corrected chi connectivity index (χ1v) is 6.86. The van der Waals surface area contributed by atoms with Gasteiger partial charge >= 0.3 is 0 Å². The van der Waals surface area contributed by atoms with Gasteiger partial charge < -0.3 is 19.8 Å². The Bertz CT molecular complexity index is 403. The number of hydrogen-bond acceptors (Lipinski definition) is 4. The second-order valence-electron chi connectivity index (χ2n) is 4.60. The van der Waals surface area contributed by atoms with E-state index < -0.39 is 0 Å². The van der Waals surface area contributed by atoms with Crippen LogP contribution in [0.15, 0.2) is 24.3 Å². The van der Waals surface area contributed by atoms with Gasteiger partial charge in [0.25, 0.3) is 0 Å². The van der Waals surface area contributed by atoms with Crippen LogP contribution in [-0.2, 0) is 4.79 Å². The van der Waals surface area contributed by atoms with Crippen molar-refractivity contribution in [2.75, 3.05) is 32.9 Å². The lowest BCUT2D eigenvalue weighted by Crippen LogP contribution is -2.35. The van der Waals surface area contributed by atoms with E-state index in [4.69, 9.17) is 14.9 Å². The van der Waals surface area contributed by atoms with Crippen LogP contribution in [0.25, 0.3) is 0 Å². The lowest BCUT2D eigenvalue weighted by molar-refractivity contribution is -0.132. The predicted octanol–water partition coefficient (Wildman–Crippen LogP) is 0.967. The Morgan fingerprint density at radius 1 is 1.25 bits per heavy atom. The van der Waals surface area contributed by atoms with Gasteiger partial charge in [0, 0.05) is 19.5 Å². The van der Waals surface area contributed by atoms with Gasteiger partial charge in [0.1, 0.15) is 5.75 Å². The fourth-order valence-electron chi connectivity index (χ4n) is 1.88. The van der Waals surface area contributed by atoms with Crippen LogP contribution in [0.2, 0.25) is 0 Å². The van der Waals surface area contributed by atoms with Crippen LogP contribution in [0.3, 0.4) is 0 Å². The van der Waals surface area contributed by atoms with Crippen LogP contribution in [0.4, 0.5) is 0 Å². The van der Waals surface area contributed by atoms with Crippen molar-refractivity contribution in [1.82, 2.24) is 4.90 Å². The van der Waals surface area contributed by atoms with E-state index in [2.05, 4.69) is 0 Å². The molecule has 0 spiro atoms. The molecule has 5 heteroatoms. The SMILES string of the molecule is Cc1cccc(OCCCC(=O)N(CCO)CCO)c1. The molecule has 5 nitrogen and oxygen atoms in total. The number of amides is 1. The molecule has 0 radical (unpaired) electrons. The minimum Gasteiger partial charge on any atom is -0.494 e. The van der Waals surface area contributed by atoms with Gasteiger partial charge in [0.05, 0.1) is 19.8 Å². The standard InChI is InChI=1S/C15H23NO4/c1-13-4-2-5-14(12-13)20-11-3-6-15(19)16(7-9-17)8-10-18/h2,4-5,12,17-18H,3,6-11H2,1H3. The van der Waals surface area contributed by atoms with Gasteiger partial charge in [-0.3, -0.25) is 4.79 Å². The van der Waals surface area contributed by atoms with Crippen molar-refractivity contribution in [3.05, 3.63) is 29.8 Å². The number of aliphatic hydroxyl groups excluding tert-OH is 2. The van der Waals surface area contributed by atoms with E-state index in [0.29, 0.717) is 19.4 Å². The Kier molecular flexibility index (Phi) is 7.69. The zero-order valence-corrected chi connectivity index (χ0v) is 11.9. The highest BCUT2D eigenvalue weighted by Crippen LogP contribution is 2.12. The average molecular weight is 281 g/mol.